The SMILES string of the molecule is CCCC(NCc1nc2cc(Cl)ccc2c(=O)[nH]1)c1ccccc1. The van der Waals surface area contributed by atoms with Crippen molar-refractivity contribution >= 4 is 22.5 Å². The van der Waals surface area contributed by atoms with Gasteiger partial charge in [-0.15, -0.1) is 0 Å². The second-order valence-electron chi connectivity index (χ2n) is 5.81. The fourth-order valence-corrected chi connectivity index (χ4v) is 2.99. The van der Waals surface area contributed by atoms with Crippen LogP contribution in [0.15, 0.2) is 53.3 Å². The lowest BCUT2D eigenvalue weighted by molar-refractivity contribution is 0.485. The normalized spacial score (nSPS) is 12.4. The third-order valence-corrected chi connectivity index (χ3v) is 4.25. The van der Waals surface area contributed by atoms with Crippen LogP contribution in [0.3, 0.4) is 0 Å². The monoisotopic (exact) mass is 341 g/mol. The van der Waals surface area contributed by atoms with E-state index in [1.165, 1.54) is 5.56 Å². The molecule has 1 unspecified atom stereocenters. The number of hydrogen-bond donors (Lipinski definition) is 2. The Hall–Kier alpha value is -2.17. The summed E-state index contributed by atoms with van der Waals surface area (Å²) in [7, 11) is 0. The highest BCUT2D eigenvalue weighted by atomic mass is 35.5. The molecule has 24 heavy (non-hydrogen) atoms. The van der Waals surface area contributed by atoms with E-state index in [4.69, 9.17) is 11.6 Å². The number of fused-ring (bicyclic) bond motifs is 1. The molecular weight excluding hydrogens is 322 g/mol. The Morgan fingerprint density at radius 3 is 2.75 bits per heavy atom. The molecule has 1 heterocycles. The quantitative estimate of drug-likeness (QED) is 0.706. The molecule has 0 aliphatic rings. The van der Waals surface area contributed by atoms with Crippen molar-refractivity contribution in [3.8, 4) is 0 Å². The maximum atomic E-state index is 12.2. The van der Waals surface area contributed by atoms with Crippen LogP contribution < -0.4 is 10.9 Å². The zero-order chi connectivity index (χ0) is 16.9. The summed E-state index contributed by atoms with van der Waals surface area (Å²) >= 11 is 6.00. The summed E-state index contributed by atoms with van der Waals surface area (Å²) in [4.78, 5) is 19.6. The number of hydrogen-bond acceptors (Lipinski definition) is 3. The number of rotatable bonds is 6. The maximum Gasteiger partial charge on any atom is 0.258 e. The molecule has 0 spiro atoms. The first-order chi connectivity index (χ1) is 11.7. The van der Waals surface area contributed by atoms with E-state index in [-0.39, 0.29) is 11.6 Å². The van der Waals surface area contributed by atoms with Crippen LogP contribution in [-0.4, -0.2) is 9.97 Å². The summed E-state index contributed by atoms with van der Waals surface area (Å²) in [6.45, 7) is 2.66. The molecule has 0 amide bonds. The van der Waals surface area contributed by atoms with Gasteiger partial charge in [-0.1, -0.05) is 55.3 Å². The number of benzene rings is 2. The lowest BCUT2D eigenvalue weighted by Crippen LogP contribution is -2.24. The molecule has 5 heteroatoms. The minimum atomic E-state index is -0.139. The lowest BCUT2D eigenvalue weighted by atomic mass is 10.0. The smallest absolute Gasteiger partial charge is 0.258 e. The molecule has 3 rings (SSSR count). The summed E-state index contributed by atoms with van der Waals surface area (Å²) in [5, 5.41) is 4.62. The molecule has 0 radical (unpaired) electrons. The Morgan fingerprint density at radius 2 is 2.00 bits per heavy atom. The maximum absolute atomic E-state index is 12.2. The summed E-state index contributed by atoms with van der Waals surface area (Å²) < 4.78 is 0. The van der Waals surface area contributed by atoms with E-state index in [1.807, 2.05) is 18.2 Å². The highest BCUT2D eigenvalue weighted by molar-refractivity contribution is 6.31. The summed E-state index contributed by atoms with van der Waals surface area (Å²) in [5.41, 5.74) is 1.72. The largest absolute Gasteiger partial charge is 0.309 e. The predicted molar refractivity (Wildman–Crippen MR) is 98.3 cm³/mol. The minimum absolute atomic E-state index is 0.139. The van der Waals surface area contributed by atoms with Crippen LogP contribution in [-0.2, 0) is 6.54 Å². The molecule has 2 aromatic carbocycles. The molecule has 0 aliphatic carbocycles. The average molecular weight is 342 g/mol. The van der Waals surface area contributed by atoms with E-state index >= 15 is 0 Å². The summed E-state index contributed by atoms with van der Waals surface area (Å²) in [6.07, 6.45) is 2.09. The van der Waals surface area contributed by atoms with Crippen molar-refractivity contribution in [2.24, 2.45) is 0 Å². The van der Waals surface area contributed by atoms with Crippen LogP contribution in [0.25, 0.3) is 10.9 Å². The molecule has 2 N–H and O–H groups in total. The highest BCUT2D eigenvalue weighted by Gasteiger charge is 2.11. The van der Waals surface area contributed by atoms with Crippen LogP contribution in [0, 0.1) is 0 Å². The van der Waals surface area contributed by atoms with Gasteiger partial charge in [0.15, 0.2) is 0 Å². The molecule has 0 bridgehead atoms. The van der Waals surface area contributed by atoms with Gasteiger partial charge in [-0.2, -0.15) is 0 Å². The molecule has 0 saturated heterocycles. The molecular formula is C19H20ClN3O. The van der Waals surface area contributed by atoms with Crippen molar-refractivity contribution in [3.63, 3.8) is 0 Å². The van der Waals surface area contributed by atoms with Gasteiger partial charge in [0, 0.05) is 11.1 Å². The van der Waals surface area contributed by atoms with Gasteiger partial charge in [-0.3, -0.25) is 4.79 Å². The highest BCUT2D eigenvalue weighted by Crippen LogP contribution is 2.19. The Morgan fingerprint density at radius 1 is 1.21 bits per heavy atom. The van der Waals surface area contributed by atoms with Gasteiger partial charge in [-0.25, -0.2) is 4.98 Å². The Bertz CT molecular complexity index is 877. The molecule has 0 fully saturated rings. The minimum Gasteiger partial charge on any atom is -0.309 e. The van der Waals surface area contributed by atoms with E-state index in [2.05, 4.69) is 34.3 Å². The van der Waals surface area contributed by atoms with Crippen molar-refractivity contribution in [3.05, 3.63) is 75.3 Å². The summed E-state index contributed by atoms with van der Waals surface area (Å²) in [5.74, 6) is 0.617. The van der Waals surface area contributed by atoms with Crippen molar-refractivity contribution in [2.75, 3.05) is 0 Å². The van der Waals surface area contributed by atoms with Crippen molar-refractivity contribution in [1.29, 1.82) is 0 Å². The van der Waals surface area contributed by atoms with E-state index in [0.717, 1.165) is 12.8 Å². The third kappa shape index (κ3) is 3.83. The standard InChI is InChI=1S/C19H20ClN3O/c1-2-6-16(13-7-4-3-5-8-13)21-12-18-22-17-11-14(20)9-10-15(17)19(24)23-18/h3-5,7-11,16,21H,2,6,12H2,1H3,(H,22,23,24). The topological polar surface area (TPSA) is 57.8 Å². The fraction of sp³-hybridized carbons (Fsp3) is 0.263. The van der Waals surface area contributed by atoms with Crippen molar-refractivity contribution < 1.29 is 0 Å². The predicted octanol–water partition coefficient (Wildman–Crippen LogP) is 4.21. The molecule has 4 nitrogen and oxygen atoms in total. The van der Waals surface area contributed by atoms with Crippen molar-refractivity contribution in [2.45, 2.75) is 32.4 Å². The van der Waals surface area contributed by atoms with Crippen LogP contribution in [0.1, 0.15) is 37.2 Å². The van der Waals surface area contributed by atoms with Gasteiger partial charge < -0.3 is 10.3 Å². The first-order valence-electron chi connectivity index (χ1n) is 8.14. The molecule has 124 valence electrons. The van der Waals surface area contributed by atoms with E-state index in [9.17, 15) is 4.79 Å². The second-order valence-corrected chi connectivity index (χ2v) is 6.24. The first-order valence-corrected chi connectivity index (χ1v) is 8.52. The van der Waals surface area contributed by atoms with E-state index in [1.54, 1.807) is 18.2 Å². The van der Waals surface area contributed by atoms with Crippen LogP contribution in [0.4, 0.5) is 0 Å². The number of H-pyrrole nitrogens is 1. The lowest BCUT2D eigenvalue weighted by Gasteiger charge is -2.18. The Balaban J connectivity index is 1.82. The molecule has 0 saturated carbocycles. The Labute approximate surface area is 145 Å². The van der Waals surface area contributed by atoms with Gasteiger partial charge in [-0.05, 0) is 30.2 Å². The van der Waals surface area contributed by atoms with Crippen LogP contribution in [0.5, 0.6) is 0 Å². The van der Waals surface area contributed by atoms with Gasteiger partial charge in [0.05, 0.1) is 17.4 Å². The number of aromatic nitrogens is 2. The summed E-state index contributed by atoms with van der Waals surface area (Å²) in [6, 6.07) is 15.7. The third-order valence-electron chi connectivity index (χ3n) is 4.01. The molecule has 3 aromatic rings. The van der Waals surface area contributed by atoms with Crippen LogP contribution >= 0.6 is 11.6 Å². The van der Waals surface area contributed by atoms with Crippen LogP contribution in [0.2, 0.25) is 5.02 Å². The van der Waals surface area contributed by atoms with E-state index in [0.29, 0.717) is 28.3 Å². The van der Waals surface area contributed by atoms with Gasteiger partial charge in [0.2, 0.25) is 0 Å². The molecule has 1 atom stereocenters. The Kier molecular flexibility index (Phi) is 5.28. The average Bonchev–Trinajstić information content (AvgIpc) is 2.59. The van der Waals surface area contributed by atoms with E-state index < -0.39 is 0 Å². The number of nitrogens with zero attached hydrogens (tertiary/aromatic N) is 1. The molecule has 1 aromatic heterocycles. The van der Waals surface area contributed by atoms with Gasteiger partial charge >= 0.3 is 0 Å². The number of halogens is 1. The second kappa shape index (κ2) is 7.60. The number of aromatic amines is 1. The van der Waals surface area contributed by atoms with Crippen molar-refractivity contribution in [1.82, 2.24) is 15.3 Å². The number of nitrogens with one attached hydrogen (secondary N) is 2. The zero-order valence-electron chi connectivity index (χ0n) is 13.6. The zero-order valence-corrected chi connectivity index (χ0v) is 14.3. The first kappa shape index (κ1) is 16.7. The molecule has 0 aliphatic heterocycles. The fourth-order valence-electron chi connectivity index (χ4n) is 2.83. The van der Waals surface area contributed by atoms with Gasteiger partial charge in [0.25, 0.3) is 5.56 Å². The van der Waals surface area contributed by atoms with Gasteiger partial charge in [0.1, 0.15) is 5.82 Å².